The number of amides is 1. The summed E-state index contributed by atoms with van der Waals surface area (Å²) < 4.78 is 10.9. The molecule has 0 radical (unpaired) electrons. The Morgan fingerprint density at radius 2 is 2.04 bits per heavy atom. The van der Waals surface area contributed by atoms with Crippen molar-refractivity contribution in [2.75, 3.05) is 6.61 Å². The van der Waals surface area contributed by atoms with E-state index in [9.17, 15) is 14.7 Å². The Hall–Kier alpha value is -2.09. The molecule has 0 saturated carbocycles. The highest BCUT2D eigenvalue weighted by atomic mass is 16.5. The number of aliphatic hydroxyl groups is 1. The molecular formula is C16H26N4O5. The van der Waals surface area contributed by atoms with E-state index < -0.39 is 30.3 Å². The maximum atomic E-state index is 12.1. The van der Waals surface area contributed by atoms with E-state index in [4.69, 9.17) is 15.0 Å². The maximum Gasteiger partial charge on any atom is 0.336 e. The Morgan fingerprint density at radius 3 is 2.52 bits per heavy atom. The van der Waals surface area contributed by atoms with Gasteiger partial charge >= 0.3 is 5.97 Å². The van der Waals surface area contributed by atoms with E-state index in [0.29, 0.717) is 0 Å². The molecule has 0 unspecified atom stereocenters. The van der Waals surface area contributed by atoms with Crippen molar-refractivity contribution in [2.45, 2.75) is 70.9 Å². The zero-order valence-electron chi connectivity index (χ0n) is 15.0. The minimum Gasteiger partial charge on any atom is -0.463 e. The molecule has 25 heavy (non-hydrogen) atoms. The van der Waals surface area contributed by atoms with E-state index in [1.165, 1.54) is 13.0 Å². The molecule has 9 nitrogen and oxygen atoms in total. The minimum absolute atomic E-state index is 0.0307. The van der Waals surface area contributed by atoms with E-state index in [2.05, 4.69) is 15.3 Å². The third-order valence-electron chi connectivity index (χ3n) is 4.03. The summed E-state index contributed by atoms with van der Waals surface area (Å²) in [6, 6.07) is -1.88. The topological polar surface area (TPSA) is 134 Å². The number of carbonyl (C=O) groups is 2. The predicted molar refractivity (Wildman–Crippen MR) is 90.5 cm³/mol. The summed E-state index contributed by atoms with van der Waals surface area (Å²) >= 11 is 0. The number of nitrogens with one attached hydrogen (secondary N) is 1. The average Bonchev–Trinajstić information content (AvgIpc) is 2.57. The molecule has 0 fully saturated rings. The molecule has 0 spiro atoms. The largest absolute Gasteiger partial charge is 0.463 e. The van der Waals surface area contributed by atoms with Crippen molar-refractivity contribution in [3.05, 3.63) is 22.1 Å². The van der Waals surface area contributed by atoms with Crippen LogP contribution >= 0.6 is 0 Å². The van der Waals surface area contributed by atoms with Gasteiger partial charge in [-0.2, -0.15) is 0 Å². The second kappa shape index (κ2) is 10.0. The third-order valence-corrected chi connectivity index (χ3v) is 4.03. The molecule has 2 N–H and O–H groups in total. The normalized spacial score (nSPS) is 25.8. The van der Waals surface area contributed by atoms with Crippen molar-refractivity contribution in [2.24, 2.45) is 5.11 Å². The summed E-state index contributed by atoms with van der Waals surface area (Å²) in [5, 5.41) is 16.7. The molecule has 9 heteroatoms. The Bertz CT molecular complexity index is 555. The number of azide groups is 1. The Balaban J connectivity index is 3.31. The van der Waals surface area contributed by atoms with Crippen LogP contribution in [0.5, 0.6) is 0 Å². The van der Waals surface area contributed by atoms with E-state index in [0.717, 1.165) is 12.8 Å². The van der Waals surface area contributed by atoms with Crippen molar-refractivity contribution < 1.29 is 24.2 Å². The van der Waals surface area contributed by atoms with E-state index in [-0.39, 0.29) is 24.2 Å². The highest BCUT2D eigenvalue weighted by Crippen LogP contribution is 2.27. The molecule has 1 aliphatic carbocycles. The van der Waals surface area contributed by atoms with Gasteiger partial charge in [-0.15, -0.1) is 0 Å². The monoisotopic (exact) mass is 354 g/mol. The number of esters is 1. The number of hydrogen-bond acceptors (Lipinski definition) is 6. The van der Waals surface area contributed by atoms with Gasteiger partial charge in [-0.05, 0) is 31.4 Å². The van der Waals surface area contributed by atoms with Crippen LogP contribution in [0.1, 0.15) is 40.5 Å². The minimum atomic E-state index is -1.40. The lowest BCUT2D eigenvalue weighted by atomic mass is 9.85. The molecule has 4 atom stereocenters. The standard InChI is InChI=1S/C16H26N4O5/c1-5-10(6-2)25-12-8-11(16(23)24-7-3)15(22)14(19-20-17)13(12)18-9(4)21/h8,10,12-15,22H,5-7H2,1-4H3,(H,18,21)/t12-,13+,14-,15-/m1/s1. The number of aliphatic hydroxyl groups excluding tert-OH is 1. The lowest BCUT2D eigenvalue weighted by molar-refractivity contribution is -0.140. The average molecular weight is 354 g/mol. The summed E-state index contributed by atoms with van der Waals surface area (Å²) in [7, 11) is 0. The van der Waals surface area contributed by atoms with Gasteiger partial charge in [0, 0.05) is 11.8 Å². The van der Waals surface area contributed by atoms with Crippen molar-refractivity contribution >= 4 is 11.9 Å². The molecule has 0 aromatic heterocycles. The van der Waals surface area contributed by atoms with Crippen LogP contribution in [-0.4, -0.2) is 54.0 Å². The fraction of sp³-hybridized carbons (Fsp3) is 0.750. The molecule has 1 aliphatic rings. The highest BCUT2D eigenvalue weighted by molar-refractivity contribution is 5.90. The van der Waals surface area contributed by atoms with Gasteiger partial charge in [0.1, 0.15) is 0 Å². The highest BCUT2D eigenvalue weighted by Gasteiger charge is 2.43. The van der Waals surface area contributed by atoms with Crippen molar-refractivity contribution in [1.29, 1.82) is 0 Å². The first-order valence-electron chi connectivity index (χ1n) is 8.43. The smallest absolute Gasteiger partial charge is 0.336 e. The van der Waals surface area contributed by atoms with E-state index in [1.807, 2.05) is 13.8 Å². The lowest BCUT2D eigenvalue weighted by Gasteiger charge is -2.38. The quantitative estimate of drug-likeness (QED) is 0.295. The summed E-state index contributed by atoms with van der Waals surface area (Å²) in [5.74, 6) is -1.06. The molecule has 0 heterocycles. The Labute approximate surface area is 147 Å². The number of ether oxygens (including phenoxy) is 2. The van der Waals surface area contributed by atoms with E-state index >= 15 is 0 Å². The molecule has 0 aromatic carbocycles. The Kier molecular flexibility index (Phi) is 8.40. The van der Waals surface area contributed by atoms with Gasteiger partial charge in [0.05, 0.1) is 42.6 Å². The molecule has 0 bridgehead atoms. The number of rotatable bonds is 8. The van der Waals surface area contributed by atoms with E-state index in [1.54, 1.807) is 6.92 Å². The summed E-state index contributed by atoms with van der Waals surface area (Å²) in [6.07, 6.45) is 0.683. The molecule has 140 valence electrons. The molecule has 0 saturated heterocycles. The second-order valence-electron chi connectivity index (χ2n) is 5.75. The van der Waals surface area contributed by atoms with Gasteiger partial charge in [0.2, 0.25) is 5.91 Å². The summed E-state index contributed by atoms with van der Waals surface area (Å²) in [4.78, 5) is 26.4. The molecule has 1 amide bonds. The SMILES string of the molecule is CCOC(=O)C1=C[C@@H](OC(CC)CC)[C@H](NC(C)=O)[C@@H](N=[N+]=[N-])[C@@H]1O. The second-order valence-corrected chi connectivity index (χ2v) is 5.75. The van der Waals surface area contributed by atoms with Crippen LogP contribution in [0.25, 0.3) is 10.4 Å². The van der Waals surface area contributed by atoms with Crippen LogP contribution < -0.4 is 5.32 Å². The predicted octanol–water partition coefficient (Wildman–Crippen LogP) is 1.61. The summed E-state index contributed by atoms with van der Waals surface area (Å²) in [5.41, 5.74) is 8.80. The van der Waals surface area contributed by atoms with Gasteiger partial charge in [0.25, 0.3) is 0 Å². The number of nitrogens with zero attached hydrogens (tertiary/aromatic N) is 3. The van der Waals surface area contributed by atoms with Crippen LogP contribution in [0.3, 0.4) is 0 Å². The molecule has 0 aromatic rings. The van der Waals surface area contributed by atoms with Crippen molar-refractivity contribution in [1.82, 2.24) is 5.32 Å². The van der Waals surface area contributed by atoms with Gasteiger partial charge in [-0.3, -0.25) is 4.79 Å². The lowest BCUT2D eigenvalue weighted by Crippen LogP contribution is -2.58. The zero-order chi connectivity index (χ0) is 19.0. The van der Waals surface area contributed by atoms with Crippen LogP contribution in [0.2, 0.25) is 0 Å². The van der Waals surface area contributed by atoms with Gasteiger partial charge in [0.15, 0.2) is 0 Å². The molecule has 0 aliphatic heterocycles. The van der Waals surface area contributed by atoms with Crippen LogP contribution in [0, 0.1) is 0 Å². The van der Waals surface area contributed by atoms with Crippen LogP contribution in [-0.2, 0) is 19.1 Å². The maximum absolute atomic E-state index is 12.1. The molecular weight excluding hydrogens is 328 g/mol. The van der Waals surface area contributed by atoms with Gasteiger partial charge < -0.3 is 19.9 Å². The first-order chi connectivity index (χ1) is 11.9. The number of hydrogen-bond donors (Lipinski definition) is 2. The zero-order valence-corrected chi connectivity index (χ0v) is 15.0. The van der Waals surface area contributed by atoms with Gasteiger partial charge in [-0.25, -0.2) is 4.79 Å². The van der Waals surface area contributed by atoms with Crippen LogP contribution in [0.4, 0.5) is 0 Å². The van der Waals surface area contributed by atoms with Crippen molar-refractivity contribution in [3.8, 4) is 0 Å². The third kappa shape index (κ3) is 5.45. The first kappa shape index (κ1) is 21.0. The van der Waals surface area contributed by atoms with Crippen LogP contribution in [0.15, 0.2) is 16.8 Å². The molecule has 1 rings (SSSR count). The fourth-order valence-electron chi connectivity index (χ4n) is 2.78. The Morgan fingerprint density at radius 1 is 1.40 bits per heavy atom. The fourth-order valence-corrected chi connectivity index (χ4v) is 2.78. The number of carbonyl (C=O) groups excluding carboxylic acids is 2. The first-order valence-corrected chi connectivity index (χ1v) is 8.43. The summed E-state index contributed by atoms with van der Waals surface area (Å²) in [6.45, 7) is 7.03. The van der Waals surface area contributed by atoms with Gasteiger partial charge in [-0.1, -0.05) is 19.0 Å². The van der Waals surface area contributed by atoms with Crippen molar-refractivity contribution in [3.63, 3.8) is 0 Å².